The maximum Gasteiger partial charge on any atom is 0.120 e. The molecule has 0 radical (unpaired) electrons. The van der Waals surface area contributed by atoms with Gasteiger partial charge in [-0.25, -0.2) is 0 Å². The second-order valence-corrected chi connectivity index (χ2v) is 5.86. The van der Waals surface area contributed by atoms with Gasteiger partial charge in [0.25, 0.3) is 0 Å². The molecule has 0 unspecified atom stereocenters. The lowest BCUT2D eigenvalue weighted by Crippen LogP contribution is -2.12. The highest BCUT2D eigenvalue weighted by Crippen LogP contribution is 2.32. The normalized spacial score (nSPS) is 14.2. The van der Waals surface area contributed by atoms with Crippen LogP contribution in [0.3, 0.4) is 0 Å². The van der Waals surface area contributed by atoms with Gasteiger partial charge >= 0.3 is 0 Å². The van der Waals surface area contributed by atoms with E-state index in [0.29, 0.717) is 6.10 Å². The van der Waals surface area contributed by atoms with E-state index in [0.717, 1.165) is 29.4 Å². The van der Waals surface area contributed by atoms with Crippen molar-refractivity contribution in [1.82, 2.24) is 5.32 Å². The topological polar surface area (TPSA) is 21.3 Å². The van der Waals surface area contributed by atoms with Crippen LogP contribution in [0.2, 0.25) is 5.02 Å². The summed E-state index contributed by atoms with van der Waals surface area (Å²) in [5, 5.41) is 4.14. The van der Waals surface area contributed by atoms with Crippen LogP contribution in [-0.4, -0.2) is 12.6 Å². The lowest BCUT2D eigenvalue weighted by molar-refractivity contribution is 0.303. The molecule has 2 nitrogen and oxygen atoms in total. The lowest BCUT2D eigenvalue weighted by atomic mass is 9.99. The minimum atomic E-state index is 0.417. The van der Waals surface area contributed by atoms with Crippen LogP contribution in [-0.2, 0) is 6.54 Å². The van der Waals surface area contributed by atoms with E-state index >= 15 is 0 Å². The van der Waals surface area contributed by atoms with Crippen LogP contribution in [0.25, 0.3) is 11.1 Å². The molecule has 110 valence electrons. The SMILES string of the molecule is CCNCc1ccc(Cl)cc1-c1cccc(OC2CC2)c1. The highest BCUT2D eigenvalue weighted by Gasteiger charge is 2.23. The van der Waals surface area contributed by atoms with Crippen LogP contribution in [0.4, 0.5) is 0 Å². The quantitative estimate of drug-likeness (QED) is 0.838. The molecule has 1 fully saturated rings. The minimum absolute atomic E-state index is 0.417. The highest BCUT2D eigenvalue weighted by molar-refractivity contribution is 6.30. The first-order valence-corrected chi connectivity index (χ1v) is 7.90. The van der Waals surface area contributed by atoms with Gasteiger partial charge in [-0.3, -0.25) is 0 Å². The van der Waals surface area contributed by atoms with Gasteiger partial charge in [-0.1, -0.05) is 36.7 Å². The van der Waals surface area contributed by atoms with E-state index in [4.69, 9.17) is 16.3 Å². The molecule has 1 aliphatic rings. The summed E-state index contributed by atoms with van der Waals surface area (Å²) in [6.07, 6.45) is 2.76. The van der Waals surface area contributed by atoms with Gasteiger partial charge in [-0.15, -0.1) is 0 Å². The first-order valence-electron chi connectivity index (χ1n) is 7.52. The van der Waals surface area contributed by atoms with Gasteiger partial charge < -0.3 is 10.1 Å². The summed E-state index contributed by atoms with van der Waals surface area (Å²) in [4.78, 5) is 0. The molecule has 3 heteroatoms. The molecule has 21 heavy (non-hydrogen) atoms. The van der Waals surface area contributed by atoms with E-state index in [9.17, 15) is 0 Å². The Hall–Kier alpha value is -1.51. The average molecular weight is 302 g/mol. The Morgan fingerprint density at radius 3 is 2.81 bits per heavy atom. The van der Waals surface area contributed by atoms with Gasteiger partial charge in [-0.05, 0) is 60.3 Å². The number of hydrogen-bond donors (Lipinski definition) is 1. The number of ether oxygens (including phenoxy) is 1. The van der Waals surface area contributed by atoms with Crippen LogP contribution in [0.1, 0.15) is 25.3 Å². The standard InChI is InChI=1S/C18H20ClNO/c1-2-20-12-14-6-7-15(19)11-18(14)13-4-3-5-17(10-13)21-16-8-9-16/h3-7,10-11,16,20H,2,8-9,12H2,1H3. The van der Waals surface area contributed by atoms with Crippen molar-refractivity contribution in [2.45, 2.75) is 32.4 Å². The van der Waals surface area contributed by atoms with Crippen molar-refractivity contribution in [3.05, 3.63) is 53.1 Å². The number of halogens is 1. The van der Waals surface area contributed by atoms with E-state index in [2.05, 4.69) is 30.4 Å². The smallest absolute Gasteiger partial charge is 0.120 e. The molecule has 2 aromatic rings. The minimum Gasteiger partial charge on any atom is -0.490 e. The summed E-state index contributed by atoms with van der Waals surface area (Å²) in [6.45, 7) is 3.91. The summed E-state index contributed by atoms with van der Waals surface area (Å²) in [5.41, 5.74) is 3.58. The predicted octanol–water partition coefficient (Wildman–Crippen LogP) is 4.66. The molecule has 0 bridgehead atoms. The highest BCUT2D eigenvalue weighted by atomic mass is 35.5. The Bertz CT molecular complexity index is 622. The van der Waals surface area contributed by atoms with Crippen LogP contribution in [0.15, 0.2) is 42.5 Å². The van der Waals surface area contributed by atoms with Crippen molar-refractivity contribution in [2.24, 2.45) is 0 Å². The first kappa shape index (κ1) is 14.4. The molecule has 2 aromatic carbocycles. The summed E-state index contributed by atoms with van der Waals surface area (Å²) >= 11 is 6.18. The van der Waals surface area contributed by atoms with Crippen molar-refractivity contribution in [3.63, 3.8) is 0 Å². The molecule has 0 aliphatic heterocycles. The third-order valence-corrected chi connectivity index (χ3v) is 3.84. The van der Waals surface area contributed by atoms with Gasteiger partial charge in [0.05, 0.1) is 6.10 Å². The molecule has 0 spiro atoms. The lowest BCUT2D eigenvalue weighted by Gasteiger charge is -2.12. The molecule has 0 saturated heterocycles. The predicted molar refractivity (Wildman–Crippen MR) is 87.9 cm³/mol. The fourth-order valence-corrected chi connectivity index (χ4v) is 2.52. The zero-order valence-corrected chi connectivity index (χ0v) is 13.0. The van der Waals surface area contributed by atoms with E-state index in [-0.39, 0.29) is 0 Å². The Balaban J connectivity index is 1.92. The number of benzene rings is 2. The van der Waals surface area contributed by atoms with E-state index in [1.807, 2.05) is 24.3 Å². The molecular formula is C18H20ClNO. The monoisotopic (exact) mass is 301 g/mol. The van der Waals surface area contributed by atoms with E-state index in [1.165, 1.54) is 24.0 Å². The van der Waals surface area contributed by atoms with Gasteiger partial charge in [0.2, 0.25) is 0 Å². The molecule has 1 aliphatic carbocycles. The Kier molecular flexibility index (Phi) is 4.47. The van der Waals surface area contributed by atoms with Gasteiger partial charge in [0.1, 0.15) is 5.75 Å². The Morgan fingerprint density at radius 1 is 1.19 bits per heavy atom. The Morgan fingerprint density at radius 2 is 2.05 bits per heavy atom. The largest absolute Gasteiger partial charge is 0.490 e. The van der Waals surface area contributed by atoms with Crippen molar-refractivity contribution in [2.75, 3.05) is 6.54 Å². The molecule has 0 aromatic heterocycles. The van der Waals surface area contributed by atoms with Crippen LogP contribution >= 0.6 is 11.6 Å². The molecular weight excluding hydrogens is 282 g/mol. The second kappa shape index (κ2) is 6.50. The Labute approximate surface area is 131 Å². The summed E-state index contributed by atoms with van der Waals surface area (Å²) in [6, 6.07) is 14.4. The van der Waals surface area contributed by atoms with Crippen LogP contribution < -0.4 is 10.1 Å². The number of nitrogens with one attached hydrogen (secondary N) is 1. The second-order valence-electron chi connectivity index (χ2n) is 5.43. The maximum absolute atomic E-state index is 6.18. The van der Waals surface area contributed by atoms with Crippen molar-refractivity contribution in [1.29, 1.82) is 0 Å². The van der Waals surface area contributed by atoms with Gasteiger partial charge in [0.15, 0.2) is 0 Å². The summed E-state index contributed by atoms with van der Waals surface area (Å²) < 4.78 is 5.89. The molecule has 0 atom stereocenters. The third kappa shape index (κ3) is 3.78. The number of hydrogen-bond acceptors (Lipinski definition) is 2. The molecule has 1 saturated carbocycles. The van der Waals surface area contributed by atoms with Gasteiger partial charge in [0, 0.05) is 11.6 Å². The van der Waals surface area contributed by atoms with Crippen molar-refractivity contribution in [3.8, 4) is 16.9 Å². The molecule has 0 amide bonds. The number of rotatable bonds is 6. The maximum atomic E-state index is 6.18. The van der Waals surface area contributed by atoms with Gasteiger partial charge in [-0.2, -0.15) is 0 Å². The third-order valence-electron chi connectivity index (χ3n) is 3.61. The average Bonchev–Trinajstić information content (AvgIpc) is 3.30. The van der Waals surface area contributed by atoms with Crippen molar-refractivity contribution >= 4 is 11.6 Å². The molecule has 3 rings (SSSR count). The first-order chi connectivity index (χ1) is 10.3. The molecule has 0 heterocycles. The zero-order chi connectivity index (χ0) is 14.7. The fourth-order valence-electron chi connectivity index (χ4n) is 2.35. The zero-order valence-electron chi connectivity index (χ0n) is 12.2. The van der Waals surface area contributed by atoms with Crippen LogP contribution in [0.5, 0.6) is 5.75 Å². The van der Waals surface area contributed by atoms with Crippen molar-refractivity contribution < 1.29 is 4.74 Å². The summed E-state index contributed by atoms with van der Waals surface area (Å²) in [5.74, 6) is 0.948. The summed E-state index contributed by atoms with van der Waals surface area (Å²) in [7, 11) is 0. The molecule has 1 N–H and O–H groups in total. The van der Waals surface area contributed by atoms with Crippen LogP contribution in [0, 0.1) is 0 Å². The fraction of sp³-hybridized carbons (Fsp3) is 0.333. The van der Waals surface area contributed by atoms with E-state index in [1.54, 1.807) is 0 Å². The van der Waals surface area contributed by atoms with E-state index < -0.39 is 0 Å².